The minimum atomic E-state index is -0.218. The van der Waals surface area contributed by atoms with Crippen LogP contribution in [0.4, 0.5) is 0 Å². The van der Waals surface area contributed by atoms with E-state index < -0.39 is 0 Å². The second kappa shape index (κ2) is 9.50. The Hall–Kier alpha value is -1.63. The van der Waals surface area contributed by atoms with Crippen molar-refractivity contribution in [2.45, 2.75) is 22.8 Å². The van der Waals surface area contributed by atoms with Crippen LogP contribution in [0.5, 0.6) is 0 Å². The number of hydrogen-bond donors (Lipinski definition) is 1. The van der Waals surface area contributed by atoms with Gasteiger partial charge in [0.1, 0.15) is 5.03 Å². The van der Waals surface area contributed by atoms with Crippen LogP contribution in [0, 0.1) is 0 Å². The SMILES string of the molecule is COCCCCNC(=O)c1ccc(Sc2ccccc2Cl)nn1. The van der Waals surface area contributed by atoms with E-state index in [1.54, 1.807) is 19.2 Å². The Morgan fingerprint density at radius 3 is 2.74 bits per heavy atom. The van der Waals surface area contributed by atoms with E-state index in [-0.39, 0.29) is 5.91 Å². The zero-order valence-corrected chi connectivity index (χ0v) is 14.4. The summed E-state index contributed by atoms with van der Waals surface area (Å²) in [6.45, 7) is 1.30. The number of aromatic nitrogens is 2. The summed E-state index contributed by atoms with van der Waals surface area (Å²) in [5.41, 5.74) is 0.306. The van der Waals surface area contributed by atoms with Gasteiger partial charge in [0.05, 0.1) is 5.02 Å². The Morgan fingerprint density at radius 2 is 2.04 bits per heavy atom. The van der Waals surface area contributed by atoms with Crippen LogP contribution in [-0.2, 0) is 4.74 Å². The largest absolute Gasteiger partial charge is 0.385 e. The lowest BCUT2D eigenvalue weighted by molar-refractivity contribution is 0.0945. The number of ether oxygens (including phenoxy) is 1. The van der Waals surface area contributed by atoms with Gasteiger partial charge in [0.15, 0.2) is 5.69 Å². The fraction of sp³-hybridized carbons (Fsp3) is 0.312. The number of benzene rings is 1. The van der Waals surface area contributed by atoms with Crippen LogP contribution in [-0.4, -0.2) is 36.4 Å². The molecule has 23 heavy (non-hydrogen) atoms. The van der Waals surface area contributed by atoms with E-state index in [1.165, 1.54) is 11.8 Å². The number of nitrogens with zero attached hydrogens (tertiary/aromatic N) is 2. The van der Waals surface area contributed by atoms with Crippen LogP contribution in [0.3, 0.4) is 0 Å². The normalized spacial score (nSPS) is 10.5. The van der Waals surface area contributed by atoms with E-state index in [0.717, 1.165) is 17.7 Å². The van der Waals surface area contributed by atoms with Crippen LogP contribution < -0.4 is 5.32 Å². The molecule has 0 fully saturated rings. The molecule has 0 radical (unpaired) electrons. The van der Waals surface area contributed by atoms with Gasteiger partial charge in [0.2, 0.25) is 0 Å². The second-order valence-corrected chi connectivity index (χ2v) is 6.21. The van der Waals surface area contributed by atoms with E-state index in [2.05, 4.69) is 15.5 Å². The number of rotatable bonds is 8. The number of methoxy groups -OCH3 is 1. The summed E-state index contributed by atoms with van der Waals surface area (Å²) < 4.78 is 4.96. The molecule has 0 spiro atoms. The van der Waals surface area contributed by atoms with Gasteiger partial charge in [-0.05, 0) is 37.1 Å². The molecule has 0 aliphatic carbocycles. The topological polar surface area (TPSA) is 64.1 Å². The first-order valence-electron chi connectivity index (χ1n) is 7.24. The highest BCUT2D eigenvalue weighted by Crippen LogP contribution is 2.31. The fourth-order valence-corrected chi connectivity index (χ4v) is 2.81. The molecule has 0 atom stereocenters. The van der Waals surface area contributed by atoms with E-state index in [4.69, 9.17) is 16.3 Å². The third-order valence-corrected chi connectivity index (χ3v) is 4.43. The van der Waals surface area contributed by atoms with Crippen molar-refractivity contribution in [2.24, 2.45) is 0 Å². The summed E-state index contributed by atoms with van der Waals surface area (Å²) in [7, 11) is 1.66. The first-order chi connectivity index (χ1) is 11.2. The Balaban J connectivity index is 1.86. The van der Waals surface area contributed by atoms with Gasteiger partial charge in [-0.1, -0.05) is 35.5 Å². The van der Waals surface area contributed by atoms with Crippen LogP contribution in [0.25, 0.3) is 0 Å². The summed E-state index contributed by atoms with van der Waals surface area (Å²) in [4.78, 5) is 12.8. The summed E-state index contributed by atoms with van der Waals surface area (Å²) in [5.74, 6) is -0.218. The van der Waals surface area contributed by atoms with Gasteiger partial charge < -0.3 is 10.1 Å². The lowest BCUT2D eigenvalue weighted by atomic mass is 10.3. The van der Waals surface area contributed by atoms with Gasteiger partial charge in [-0.25, -0.2) is 0 Å². The molecular formula is C16H18ClN3O2S. The van der Waals surface area contributed by atoms with Crippen molar-refractivity contribution < 1.29 is 9.53 Å². The average Bonchev–Trinajstić information content (AvgIpc) is 2.57. The lowest BCUT2D eigenvalue weighted by Crippen LogP contribution is -2.25. The summed E-state index contributed by atoms with van der Waals surface area (Å²) >= 11 is 7.52. The highest BCUT2D eigenvalue weighted by Gasteiger charge is 2.09. The first-order valence-corrected chi connectivity index (χ1v) is 8.43. The van der Waals surface area contributed by atoms with Gasteiger partial charge in [0, 0.05) is 25.2 Å². The van der Waals surface area contributed by atoms with E-state index in [9.17, 15) is 4.79 Å². The van der Waals surface area contributed by atoms with Gasteiger partial charge in [-0.2, -0.15) is 0 Å². The van der Waals surface area contributed by atoms with E-state index in [1.807, 2.05) is 24.3 Å². The maximum absolute atomic E-state index is 11.9. The van der Waals surface area contributed by atoms with Crippen molar-refractivity contribution in [1.82, 2.24) is 15.5 Å². The summed E-state index contributed by atoms with van der Waals surface area (Å²) in [6.07, 6.45) is 1.78. The number of carbonyl (C=O) groups is 1. The predicted molar refractivity (Wildman–Crippen MR) is 91.1 cm³/mol. The molecule has 0 unspecified atom stereocenters. The fourth-order valence-electron chi connectivity index (χ4n) is 1.80. The van der Waals surface area contributed by atoms with Crippen molar-refractivity contribution in [3.8, 4) is 0 Å². The van der Waals surface area contributed by atoms with Crippen molar-refractivity contribution in [2.75, 3.05) is 20.3 Å². The van der Waals surface area contributed by atoms with Gasteiger partial charge in [-0.3, -0.25) is 4.79 Å². The molecular weight excluding hydrogens is 334 g/mol. The van der Waals surface area contributed by atoms with Crippen molar-refractivity contribution in [3.05, 3.63) is 47.1 Å². The third kappa shape index (κ3) is 5.82. The van der Waals surface area contributed by atoms with Crippen LogP contribution >= 0.6 is 23.4 Å². The molecule has 1 aromatic carbocycles. The van der Waals surface area contributed by atoms with Crippen LogP contribution in [0.1, 0.15) is 23.3 Å². The van der Waals surface area contributed by atoms with Crippen molar-refractivity contribution in [1.29, 1.82) is 0 Å². The van der Waals surface area contributed by atoms with Crippen LogP contribution in [0.2, 0.25) is 5.02 Å². The standard InChI is InChI=1S/C16H18ClN3O2S/c1-22-11-5-4-10-18-16(21)13-8-9-15(20-19-13)23-14-7-3-2-6-12(14)17/h2-3,6-9H,4-5,10-11H2,1H3,(H,18,21). The molecule has 2 rings (SSSR count). The summed E-state index contributed by atoms with van der Waals surface area (Å²) in [5, 5.41) is 12.2. The Labute approximate surface area is 144 Å². The van der Waals surface area contributed by atoms with Gasteiger partial charge in [0.25, 0.3) is 5.91 Å². The number of amides is 1. The van der Waals surface area contributed by atoms with Crippen LogP contribution in [0.15, 0.2) is 46.3 Å². The molecule has 1 aromatic heterocycles. The summed E-state index contributed by atoms with van der Waals surface area (Å²) in [6, 6.07) is 10.9. The Kier molecular flexibility index (Phi) is 7.32. The average molecular weight is 352 g/mol. The zero-order chi connectivity index (χ0) is 16.5. The second-order valence-electron chi connectivity index (χ2n) is 4.75. The number of hydrogen-bond acceptors (Lipinski definition) is 5. The van der Waals surface area contributed by atoms with Gasteiger partial charge >= 0.3 is 0 Å². The predicted octanol–water partition coefficient (Wildman–Crippen LogP) is 3.44. The molecule has 0 aliphatic heterocycles. The molecule has 0 saturated carbocycles. The number of nitrogens with one attached hydrogen (secondary N) is 1. The lowest BCUT2D eigenvalue weighted by Gasteiger charge is -2.05. The molecule has 0 aliphatic rings. The monoisotopic (exact) mass is 351 g/mol. The highest BCUT2D eigenvalue weighted by atomic mass is 35.5. The minimum absolute atomic E-state index is 0.218. The first kappa shape index (κ1) is 17.7. The number of carbonyl (C=O) groups excluding carboxylic acids is 1. The number of halogens is 1. The molecule has 1 heterocycles. The molecule has 122 valence electrons. The van der Waals surface area contributed by atoms with E-state index >= 15 is 0 Å². The minimum Gasteiger partial charge on any atom is -0.385 e. The zero-order valence-electron chi connectivity index (χ0n) is 12.8. The quantitative estimate of drug-likeness (QED) is 0.738. The Bertz CT molecular complexity index is 637. The van der Waals surface area contributed by atoms with Crippen molar-refractivity contribution >= 4 is 29.3 Å². The highest BCUT2D eigenvalue weighted by molar-refractivity contribution is 7.99. The number of unbranched alkanes of at least 4 members (excludes halogenated alkanes) is 1. The molecule has 0 saturated heterocycles. The molecule has 1 N–H and O–H groups in total. The van der Waals surface area contributed by atoms with Crippen molar-refractivity contribution in [3.63, 3.8) is 0 Å². The maximum atomic E-state index is 11.9. The molecule has 5 nitrogen and oxygen atoms in total. The maximum Gasteiger partial charge on any atom is 0.271 e. The third-order valence-electron chi connectivity index (χ3n) is 2.98. The molecule has 7 heteroatoms. The molecule has 2 aromatic rings. The van der Waals surface area contributed by atoms with Gasteiger partial charge in [-0.15, -0.1) is 10.2 Å². The van der Waals surface area contributed by atoms with E-state index in [0.29, 0.717) is 28.9 Å². The molecule has 0 bridgehead atoms. The Morgan fingerprint density at radius 1 is 1.22 bits per heavy atom. The molecule has 1 amide bonds. The smallest absolute Gasteiger partial charge is 0.271 e.